The van der Waals surface area contributed by atoms with E-state index in [1.165, 1.54) is 0 Å². The van der Waals surface area contributed by atoms with Gasteiger partial charge in [0.2, 0.25) is 0 Å². The summed E-state index contributed by atoms with van der Waals surface area (Å²) in [4.78, 5) is 3.93. The second-order valence-corrected chi connectivity index (χ2v) is 2.27. The highest BCUT2D eigenvalue weighted by Gasteiger charge is 1.96. The van der Waals surface area contributed by atoms with Gasteiger partial charge in [0.1, 0.15) is 11.8 Å². The summed E-state index contributed by atoms with van der Waals surface area (Å²) in [6.45, 7) is 5.75. The summed E-state index contributed by atoms with van der Waals surface area (Å²) in [5.41, 5.74) is 1.84. The van der Waals surface area contributed by atoms with Crippen LogP contribution in [0, 0.1) is 18.3 Å². The zero-order chi connectivity index (χ0) is 10.3. The van der Waals surface area contributed by atoms with Crippen molar-refractivity contribution < 1.29 is 5.11 Å². The van der Waals surface area contributed by atoms with Crippen LogP contribution in [-0.2, 0) is 6.61 Å². The number of aliphatic hydroxyl groups is 1. The van der Waals surface area contributed by atoms with Crippen LogP contribution in [0.25, 0.3) is 0 Å². The lowest BCUT2D eigenvalue weighted by Crippen LogP contribution is -1.91. The van der Waals surface area contributed by atoms with Crippen LogP contribution in [0.3, 0.4) is 0 Å². The molecule has 0 saturated heterocycles. The van der Waals surface area contributed by atoms with E-state index in [-0.39, 0.29) is 6.61 Å². The average molecular weight is 178 g/mol. The van der Waals surface area contributed by atoms with E-state index in [1.54, 1.807) is 19.1 Å². The van der Waals surface area contributed by atoms with Crippen molar-refractivity contribution in [3.05, 3.63) is 29.1 Å². The number of aromatic nitrogens is 1. The van der Waals surface area contributed by atoms with Crippen LogP contribution in [0.4, 0.5) is 0 Å². The second kappa shape index (κ2) is 6.15. The topological polar surface area (TPSA) is 56.9 Å². The fourth-order valence-electron chi connectivity index (χ4n) is 0.889. The van der Waals surface area contributed by atoms with Crippen molar-refractivity contribution >= 4 is 0 Å². The molecule has 3 nitrogen and oxygen atoms in total. The fourth-order valence-corrected chi connectivity index (χ4v) is 0.889. The lowest BCUT2D eigenvalue weighted by atomic mass is 10.2. The third-order valence-corrected chi connectivity index (χ3v) is 1.31. The Kier molecular flexibility index (Phi) is 5.49. The van der Waals surface area contributed by atoms with Gasteiger partial charge in [0.05, 0.1) is 6.61 Å². The van der Waals surface area contributed by atoms with E-state index in [9.17, 15) is 0 Å². The smallest absolute Gasteiger partial charge is 0.141 e. The molecule has 1 aromatic rings. The molecular formula is C10H14N2O. The van der Waals surface area contributed by atoms with Crippen LogP contribution in [0.5, 0.6) is 0 Å². The largest absolute Gasteiger partial charge is 0.392 e. The number of hydrogen-bond donors (Lipinski definition) is 1. The highest BCUT2D eigenvalue weighted by atomic mass is 16.3. The van der Waals surface area contributed by atoms with Gasteiger partial charge in [-0.1, -0.05) is 13.8 Å². The molecule has 0 aliphatic carbocycles. The average Bonchev–Trinajstić information content (AvgIpc) is 2.20. The SMILES string of the molecule is CC.Cc1cc(CO)cc(C#N)n1. The molecule has 0 fully saturated rings. The Bertz CT molecular complexity index is 302. The highest BCUT2D eigenvalue weighted by molar-refractivity contribution is 5.27. The van der Waals surface area contributed by atoms with Crippen molar-refractivity contribution in [3.63, 3.8) is 0 Å². The van der Waals surface area contributed by atoms with Gasteiger partial charge in [0, 0.05) is 5.69 Å². The molecule has 0 saturated carbocycles. The molecule has 1 aromatic heterocycles. The van der Waals surface area contributed by atoms with Crippen LogP contribution >= 0.6 is 0 Å². The first kappa shape index (κ1) is 11.6. The molecule has 0 aliphatic heterocycles. The number of hydrogen-bond acceptors (Lipinski definition) is 3. The van der Waals surface area contributed by atoms with Crippen molar-refractivity contribution in [1.29, 1.82) is 5.26 Å². The first-order chi connectivity index (χ1) is 6.26. The van der Waals surface area contributed by atoms with Gasteiger partial charge >= 0.3 is 0 Å². The first-order valence-corrected chi connectivity index (χ1v) is 4.25. The van der Waals surface area contributed by atoms with E-state index in [4.69, 9.17) is 10.4 Å². The maximum absolute atomic E-state index is 8.74. The van der Waals surface area contributed by atoms with Crippen LogP contribution in [0.15, 0.2) is 12.1 Å². The number of pyridine rings is 1. The Morgan fingerprint density at radius 1 is 1.46 bits per heavy atom. The minimum Gasteiger partial charge on any atom is -0.392 e. The van der Waals surface area contributed by atoms with Crippen molar-refractivity contribution in [3.8, 4) is 6.07 Å². The Labute approximate surface area is 78.7 Å². The summed E-state index contributed by atoms with van der Waals surface area (Å²) in [7, 11) is 0. The maximum Gasteiger partial charge on any atom is 0.141 e. The minimum absolute atomic E-state index is 0.0436. The van der Waals surface area contributed by atoms with E-state index in [1.807, 2.05) is 19.9 Å². The molecule has 0 aliphatic rings. The zero-order valence-electron chi connectivity index (χ0n) is 8.20. The monoisotopic (exact) mass is 178 g/mol. The van der Waals surface area contributed by atoms with E-state index in [0.29, 0.717) is 5.69 Å². The summed E-state index contributed by atoms with van der Waals surface area (Å²) >= 11 is 0. The summed E-state index contributed by atoms with van der Waals surface area (Å²) in [6, 6.07) is 5.25. The molecule has 0 bridgehead atoms. The molecule has 1 N–H and O–H groups in total. The fraction of sp³-hybridized carbons (Fsp3) is 0.400. The Morgan fingerprint density at radius 2 is 2.08 bits per heavy atom. The number of aryl methyl sites for hydroxylation is 1. The summed E-state index contributed by atoms with van der Waals surface area (Å²) in [5, 5.41) is 17.2. The van der Waals surface area contributed by atoms with Gasteiger partial charge in [0.15, 0.2) is 0 Å². The lowest BCUT2D eigenvalue weighted by molar-refractivity contribution is 0.281. The van der Waals surface area contributed by atoms with Crippen molar-refractivity contribution in [1.82, 2.24) is 4.98 Å². The van der Waals surface area contributed by atoms with E-state index in [0.717, 1.165) is 11.3 Å². The van der Waals surface area contributed by atoms with Crippen molar-refractivity contribution in [2.45, 2.75) is 27.4 Å². The van der Waals surface area contributed by atoms with Gasteiger partial charge in [-0.25, -0.2) is 4.98 Å². The summed E-state index contributed by atoms with van der Waals surface area (Å²) in [5.74, 6) is 0. The van der Waals surface area contributed by atoms with Gasteiger partial charge in [-0.2, -0.15) is 5.26 Å². The molecular weight excluding hydrogens is 164 g/mol. The predicted molar refractivity (Wildman–Crippen MR) is 51.0 cm³/mol. The maximum atomic E-state index is 8.74. The first-order valence-electron chi connectivity index (χ1n) is 4.25. The Balaban J connectivity index is 0.000000671. The highest BCUT2D eigenvalue weighted by Crippen LogP contribution is 2.03. The lowest BCUT2D eigenvalue weighted by Gasteiger charge is -1.97. The molecule has 0 unspecified atom stereocenters. The molecule has 1 heterocycles. The third kappa shape index (κ3) is 3.68. The Hall–Kier alpha value is -1.40. The number of rotatable bonds is 1. The van der Waals surface area contributed by atoms with Gasteiger partial charge in [-0.3, -0.25) is 0 Å². The molecule has 3 heteroatoms. The molecule has 1 rings (SSSR count). The number of nitriles is 1. The molecule has 0 atom stereocenters. The number of aliphatic hydroxyl groups excluding tert-OH is 1. The van der Waals surface area contributed by atoms with Gasteiger partial charge in [-0.15, -0.1) is 0 Å². The van der Waals surface area contributed by atoms with Crippen LogP contribution in [0.1, 0.15) is 30.8 Å². The Morgan fingerprint density at radius 3 is 2.54 bits per heavy atom. The molecule has 0 radical (unpaired) electrons. The molecule has 0 amide bonds. The standard InChI is InChI=1S/C8H8N2O.C2H6/c1-6-2-7(5-11)3-8(4-9)10-6;1-2/h2-3,11H,5H2,1H3;1-2H3. The molecule has 0 spiro atoms. The van der Waals surface area contributed by atoms with Crippen LogP contribution in [-0.4, -0.2) is 10.1 Å². The normalized spacial score (nSPS) is 8.23. The molecule has 13 heavy (non-hydrogen) atoms. The zero-order valence-corrected chi connectivity index (χ0v) is 8.20. The van der Waals surface area contributed by atoms with Crippen molar-refractivity contribution in [2.75, 3.05) is 0 Å². The summed E-state index contributed by atoms with van der Waals surface area (Å²) in [6.07, 6.45) is 0. The number of nitrogens with zero attached hydrogens (tertiary/aromatic N) is 2. The van der Waals surface area contributed by atoms with E-state index in [2.05, 4.69) is 4.98 Å². The van der Waals surface area contributed by atoms with Crippen LogP contribution in [0.2, 0.25) is 0 Å². The predicted octanol–water partition coefficient (Wildman–Crippen LogP) is 1.78. The van der Waals surface area contributed by atoms with Crippen LogP contribution < -0.4 is 0 Å². The quantitative estimate of drug-likeness (QED) is 0.713. The van der Waals surface area contributed by atoms with Crippen molar-refractivity contribution in [2.24, 2.45) is 0 Å². The molecule has 0 aromatic carbocycles. The molecule has 70 valence electrons. The van der Waals surface area contributed by atoms with Gasteiger partial charge in [-0.05, 0) is 24.6 Å². The van der Waals surface area contributed by atoms with Gasteiger partial charge in [0.25, 0.3) is 0 Å². The minimum atomic E-state index is -0.0436. The van der Waals surface area contributed by atoms with E-state index >= 15 is 0 Å². The van der Waals surface area contributed by atoms with E-state index < -0.39 is 0 Å². The second-order valence-electron chi connectivity index (χ2n) is 2.27. The third-order valence-electron chi connectivity index (χ3n) is 1.31. The summed E-state index contributed by atoms with van der Waals surface area (Å²) < 4.78 is 0. The van der Waals surface area contributed by atoms with Gasteiger partial charge < -0.3 is 5.11 Å².